The summed E-state index contributed by atoms with van der Waals surface area (Å²) < 4.78 is 0. The van der Waals surface area contributed by atoms with Crippen LogP contribution in [0.15, 0.2) is 5.16 Å². The fourth-order valence-electron chi connectivity index (χ4n) is 1.34. The van der Waals surface area contributed by atoms with E-state index in [2.05, 4.69) is 21.4 Å². The summed E-state index contributed by atoms with van der Waals surface area (Å²) in [7, 11) is 0. The molecule has 1 saturated heterocycles. The largest absolute Gasteiger partial charge is 0.479 e. The first kappa shape index (κ1) is 11.5. The van der Waals surface area contributed by atoms with E-state index in [-0.39, 0.29) is 12.0 Å². The number of nitrogens with one attached hydrogen (secondary N) is 1. The van der Waals surface area contributed by atoms with E-state index in [4.69, 9.17) is 10.4 Å². The van der Waals surface area contributed by atoms with Gasteiger partial charge in [-0.25, -0.2) is 4.79 Å². The molecule has 0 saturated carbocycles. The number of nitriles is 1. The number of aliphatic carboxylic acids is 1. The van der Waals surface area contributed by atoms with E-state index in [1.54, 1.807) is 6.21 Å². The maximum atomic E-state index is 10.1. The van der Waals surface area contributed by atoms with Crippen LogP contribution in [0.25, 0.3) is 0 Å². The molecule has 0 aliphatic carbocycles. The quantitative estimate of drug-likeness (QED) is 0.502. The zero-order chi connectivity index (χ0) is 11.1. The summed E-state index contributed by atoms with van der Waals surface area (Å²) in [6, 6.07) is 2.07. The lowest BCUT2D eigenvalue weighted by Crippen LogP contribution is -2.38. The molecule has 6 heteroatoms. The molecule has 1 aliphatic heterocycles. The summed E-state index contributed by atoms with van der Waals surface area (Å²) in [5, 5.41) is 23.5. The van der Waals surface area contributed by atoms with Gasteiger partial charge in [0.25, 0.3) is 0 Å². The highest BCUT2D eigenvalue weighted by Gasteiger charge is 2.18. The Morgan fingerprint density at radius 2 is 2.53 bits per heavy atom. The first-order valence-electron chi connectivity index (χ1n) is 4.72. The molecule has 0 bridgehead atoms. The van der Waals surface area contributed by atoms with Crippen molar-refractivity contribution in [3.63, 3.8) is 0 Å². The number of hydrogen-bond donors (Lipinski definition) is 2. The summed E-state index contributed by atoms with van der Waals surface area (Å²) >= 11 is 0. The number of nitrogens with zero attached hydrogens (tertiary/aromatic N) is 2. The third kappa shape index (κ3) is 4.42. The van der Waals surface area contributed by atoms with E-state index in [9.17, 15) is 4.79 Å². The van der Waals surface area contributed by atoms with Crippen molar-refractivity contribution >= 4 is 12.2 Å². The normalized spacial score (nSPS) is 26.1. The van der Waals surface area contributed by atoms with Crippen molar-refractivity contribution in [1.82, 2.24) is 5.32 Å². The third-order valence-corrected chi connectivity index (χ3v) is 2.14. The van der Waals surface area contributed by atoms with E-state index < -0.39 is 12.6 Å². The smallest absolute Gasteiger partial charge is 0.344 e. The van der Waals surface area contributed by atoms with Gasteiger partial charge in [0.05, 0.1) is 12.1 Å². The van der Waals surface area contributed by atoms with Gasteiger partial charge >= 0.3 is 5.97 Å². The van der Waals surface area contributed by atoms with Crippen LogP contribution in [0.1, 0.15) is 12.8 Å². The van der Waals surface area contributed by atoms with Crippen molar-refractivity contribution in [2.24, 2.45) is 11.1 Å². The Morgan fingerprint density at radius 3 is 3.07 bits per heavy atom. The van der Waals surface area contributed by atoms with Crippen molar-refractivity contribution in [2.45, 2.75) is 18.9 Å². The molecule has 0 aromatic heterocycles. The number of carbonyl (C=O) groups is 1. The van der Waals surface area contributed by atoms with Crippen LogP contribution < -0.4 is 5.32 Å². The van der Waals surface area contributed by atoms with Crippen LogP contribution >= 0.6 is 0 Å². The molecule has 0 aromatic carbocycles. The third-order valence-electron chi connectivity index (χ3n) is 2.14. The second-order valence-corrected chi connectivity index (χ2v) is 3.35. The van der Waals surface area contributed by atoms with Gasteiger partial charge in [-0.2, -0.15) is 5.26 Å². The molecular formula is C9H13N3O3. The van der Waals surface area contributed by atoms with Crippen LogP contribution in [0.5, 0.6) is 0 Å². The Balaban J connectivity index is 2.18. The van der Waals surface area contributed by atoms with Crippen LogP contribution in [0.3, 0.4) is 0 Å². The highest BCUT2D eigenvalue weighted by molar-refractivity contribution is 5.68. The van der Waals surface area contributed by atoms with Crippen molar-refractivity contribution in [3.05, 3.63) is 0 Å². The summed E-state index contributed by atoms with van der Waals surface area (Å²) in [5.41, 5.74) is 0. The lowest BCUT2D eigenvalue weighted by molar-refractivity contribution is -0.142. The SMILES string of the molecule is N#C[C@H]1CCC(C=NOCC(=O)O)CN1. The van der Waals surface area contributed by atoms with E-state index in [0.29, 0.717) is 6.54 Å². The average Bonchev–Trinajstić information content (AvgIpc) is 2.25. The highest BCUT2D eigenvalue weighted by Crippen LogP contribution is 2.11. The molecule has 1 rings (SSSR count). The minimum atomic E-state index is -1.04. The lowest BCUT2D eigenvalue weighted by atomic mass is 9.96. The topological polar surface area (TPSA) is 94.7 Å². The number of carboxylic acid groups (broad SMARTS) is 1. The fourth-order valence-corrected chi connectivity index (χ4v) is 1.34. The second-order valence-electron chi connectivity index (χ2n) is 3.35. The number of carboxylic acids is 1. The maximum absolute atomic E-state index is 10.1. The van der Waals surface area contributed by atoms with Crippen LogP contribution in [-0.2, 0) is 9.63 Å². The molecule has 82 valence electrons. The van der Waals surface area contributed by atoms with Crippen LogP contribution in [-0.4, -0.2) is 36.5 Å². The van der Waals surface area contributed by atoms with Crippen molar-refractivity contribution in [2.75, 3.05) is 13.2 Å². The number of piperidine rings is 1. The lowest BCUT2D eigenvalue weighted by Gasteiger charge is -2.22. The van der Waals surface area contributed by atoms with Gasteiger partial charge in [-0.3, -0.25) is 0 Å². The average molecular weight is 211 g/mol. The summed E-state index contributed by atoms with van der Waals surface area (Å²) in [4.78, 5) is 14.6. The second kappa shape index (κ2) is 5.98. The molecule has 0 amide bonds. The first-order valence-corrected chi connectivity index (χ1v) is 4.72. The predicted molar refractivity (Wildman–Crippen MR) is 52.2 cm³/mol. The minimum Gasteiger partial charge on any atom is -0.479 e. The van der Waals surface area contributed by atoms with Crippen molar-refractivity contribution < 1.29 is 14.7 Å². The van der Waals surface area contributed by atoms with E-state index in [1.807, 2.05) is 0 Å². The van der Waals surface area contributed by atoms with Gasteiger partial charge in [0, 0.05) is 18.7 Å². The molecule has 1 fully saturated rings. The molecule has 0 radical (unpaired) electrons. The molecular weight excluding hydrogens is 198 g/mol. The molecule has 6 nitrogen and oxygen atoms in total. The zero-order valence-electron chi connectivity index (χ0n) is 8.22. The Hall–Kier alpha value is -1.61. The standard InChI is InChI=1S/C9H13N3O3/c10-3-8-2-1-7(4-11-8)5-12-15-6-9(13)14/h5,7-8,11H,1-2,4,6H2,(H,13,14)/t7?,8-/m1/s1. The Bertz CT molecular complexity index is 277. The Labute approximate surface area is 87.5 Å². The van der Waals surface area contributed by atoms with E-state index >= 15 is 0 Å². The van der Waals surface area contributed by atoms with Crippen LogP contribution in [0, 0.1) is 17.2 Å². The monoisotopic (exact) mass is 211 g/mol. The van der Waals surface area contributed by atoms with Crippen LogP contribution in [0.4, 0.5) is 0 Å². The first-order chi connectivity index (χ1) is 7.22. The summed E-state index contributed by atoms with van der Waals surface area (Å²) in [5.74, 6) is -0.832. The molecule has 1 unspecified atom stereocenters. The number of rotatable bonds is 4. The molecule has 15 heavy (non-hydrogen) atoms. The molecule has 1 aliphatic rings. The van der Waals surface area contributed by atoms with Crippen molar-refractivity contribution in [3.8, 4) is 6.07 Å². The van der Waals surface area contributed by atoms with E-state index in [0.717, 1.165) is 12.8 Å². The number of hydrogen-bond acceptors (Lipinski definition) is 5. The molecule has 2 N–H and O–H groups in total. The Morgan fingerprint density at radius 1 is 1.73 bits per heavy atom. The van der Waals surface area contributed by atoms with Gasteiger partial charge in [-0.1, -0.05) is 5.16 Å². The molecule has 1 heterocycles. The van der Waals surface area contributed by atoms with Crippen LogP contribution in [0.2, 0.25) is 0 Å². The minimum absolute atomic E-state index is 0.0745. The van der Waals surface area contributed by atoms with Gasteiger partial charge < -0.3 is 15.3 Å². The van der Waals surface area contributed by atoms with Crippen molar-refractivity contribution in [1.29, 1.82) is 5.26 Å². The zero-order valence-corrected chi connectivity index (χ0v) is 8.22. The summed E-state index contributed by atoms with van der Waals surface area (Å²) in [6.07, 6.45) is 3.24. The van der Waals surface area contributed by atoms with Gasteiger partial charge in [-0.05, 0) is 12.8 Å². The highest BCUT2D eigenvalue weighted by atomic mass is 16.6. The van der Waals surface area contributed by atoms with Gasteiger partial charge in [0.2, 0.25) is 6.61 Å². The summed E-state index contributed by atoms with van der Waals surface area (Å²) in [6.45, 7) is 0.260. The Kier molecular flexibility index (Phi) is 4.57. The van der Waals surface area contributed by atoms with E-state index in [1.165, 1.54) is 0 Å². The number of oxime groups is 1. The molecule has 0 aromatic rings. The predicted octanol–water partition coefficient (Wildman–Crippen LogP) is -0.0348. The maximum Gasteiger partial charge on any atom is 0.344 e. The van der Waals surface area contributed by atoms with Gasteiger partial charge in [0.1, 0.15) is 0 Å². The molecule has 0 spiro atoms. The van der Waals surface area contributed by atoms with Gasteiger partial charge in [0.15, 0.2) is 0 Å². The molecule has 2 atom stereocenters. The fraction of sp³-hybridized carbons (Fsp3) is 0.667. The van der Waals surface area contributed by atoms with Gasteiger partial charge in [-0.15, -0.1) is 0 Å².